The Kier molecular flexibility index (Phi) is 6.82. The number of ether oxygens (including phenoxy) is 1. The summed E-state index contributed by atoms with van der Waals surface area (Å²) < 4.78 is 5.18. The summed E-state index contributed by atoms with van der Waals surface area (Å²) in [5.41, 5.74) is 1.24. The van der Waals surface area contributed by atoms with Crippen LogP contribution in [0.25, 0.3) is 0 Å². The van der Waals surface area contributed by atoms with Crippen molar-refractivity contribution in [2.75, 3.05) is 33.3 Å². The Hall–Kier alpha value is -2.08. The van der Waals surface area contributed by atoms with Crippen LogP contribution in [0, 0.1) is 5.92 Å². The largest absolute Gasteiger partial charge is 0.497 e. The van der Waals surface area contributed by atoms with Crippen LogP contribution in [0.4, 0.5) is 0 Å². The summed E-state index contributed by atoms with van der Waals surface area (Å²) in [6, 6.07) is 7.64. The molecule has 1 heterocycles. The highest BCUT2D eigenvalue weighted by molar-refractivity contribution is 5.87. The minimum absolute atomic E-state index is 0.0225. The van der Waals surface area contributed by atoms with Gasteiger partial charge in [-0.25, -0.2) is 0 Å². The summed E-state index contributed by atoms with van der Waals surface area (Å²) >= 11 is 0. The van der Waals surface area contributed by atoms with Crippen molar-refractivity contribution < 1.29 is 14.3 Å². The van der Waals surface area contributed by atoms with Gasteiger partial charge in [0.15, 0.2) is 0 Å². The molecule has 0 unspecified atom stereocenters. The molecule has 2 amide bonds. The van der Waals surface area contributed by atoms with E-state index < -0.39 is 6.04 Å². The predicted molar refractivity (Wildman–Crippen MR) is 97.3 cm³/mol. The topological polar surface area (TPSA) is 61.9 Å². The fraction of sp³-hybridized carbons (Fsp3) is 0.579. The molecule has 138 valence electrons. The van der Waals surface area contributed by atoms with Gasteiger partial charge in [-0.3, -0.25) is 14.5 Å². The van der Waals surface area contributed by atoms with Gasteiger partial charge in [-0.15, -0.1) is 0 Å². The molecule has 1 N–H and O–H groups in total. The number of rotatable bonds is 6. The van der Waals surface area contributed by atoms with E-state index in [0.717, 1.165) is 25.4 Å². The second-order valence-electron chi connectivity index (χ2n) is 6.87. The van der Waals surface area contributed by atoms with Gasteiger partial charge in [0.2, 0.25) is 11.8 Å². The van der Waals surface area contributed by atoms with Crippen LogP contribution < -0.4 is 10.1 Å². The molecule has 1 fully saturated rings. The lowest BCUT2D eigenvalue weighted by atomic mass is 10.0. The highest BCUT2D eigenvalue weighted by Crippen LogP contribution is 2.15. The number of amides is 2. The summed E-state index contributed by atoms with van der Waals surface area (Å²) in [5.74, 6) is 0.796. The van der Waals surface area contributed by atoms with E-state index in [2.05, 4.69) is 22.3 Å². The molecule has 1 aromatic carbocycles. The third kappa shape index (κ3) is 5.46. The molecule has 2 rings (SSSR count). The Bertz CT molecular complexity index is 578. The Morgan fingerprint density at radius 1 is 1.12 bits per heavy atom. The van der Waals surface area contributed by atoms with Gasteiger partial charge in [-0.05, 0) is 23.6 Å². The highest BCUT2D eigenvalue weighted by Gasteiger charge is 2.29. The van der Waals surface area contributed by atoms with Crippen molar-refractivity contribution in [2.45, 2.75) is 33.4 Å². The number of carbonyl (C=O) groups excluding carboxylic acids is 2. The van der Waals surface area contributed by atoms with E-state index in [0.29, 0.717) is 13.1 Å². The van der Waals surface area contributed by atoms with E-state index in [1.54, 1.807) is 7.11 Å². The zero-order chi connectivity index (χ0) is 18.4. The van der Waals surface area contributed by atoms with Gasteiger partial charge >= 0.3 is 0 Å². The number of hydrogen-bond acceptors (Lipinski definition) is 4. The summed E-state index contributed by atoms with van der Waals surface area (Å²) in [4.78, 5) is 28.2. The number of carbonyl (C=O) groups is 2. The van der Waals surface area contributed by atoms with Crippen LogP contribution >= 0.6 is 0 Å². The lowest BCUT2D eigenvalue weighted by Crippen LogP contribution is -2.56. The number of nitrogens with one attached hydrogen (secondary N) is 1. The lowest BCUT2D eigenvalue weighted by Gasteiger charge is -2.37. The van der Waals surface area contributed by atoms with Crippen molar-refractivity contribution in [3.05, 3.63) is 29.8 Å². The summed E-state index contributed by atoms with van der Waals surface area (Å²) in [6.07, 6.45) is 0. The van der Waals surface area contributed by atoms with Gasteiger partial charge in [-0.2, -0.15) is 0 Å². The number of hydrogen-bond donors (Lipinski definition) is 1. The molecule has 0 saturated carbocycles. The molecule has 1 aliphatic heterocycles. The maximum Gasteiger partial charge on any atom is 0.245 e. The Morgan fingerprint density at radius 3 is 2.20 bits per heavy atom. The Labute approximate surface area is 150 Å². The Balaban J connectivity index is 1.87. The number of piperazine rings is 1. The fourth-order valence-electron chi connectivity index (χ4n) is 3.04. The highest BCUT2D eigenvalue weighted by atomic mass is 16.5. The van der Waals surface area contributed by atoms with E-state index in [1.807, 2.05) is 30.9 Å². The predicted octanol–water partition coefficient (Wildman–Crippen LogP) is 1.50. The quantitative estimate of drug-likeness (QED) is 0.847. The van der Waals surface area contributed by atoms with Gasteiger partial charge in [0.05, 0.1) is 7.11 Å². The molecule has 1 aromatic rings. The Morgan fingerprint density at radius 2 is 1.72 bits per heavy atom. The average molecular weight is 347 g/mol. The van der Waals surface area contributed by atoms with Gasteiger partial charge in [0.1, 0.15) is 11.8 Å². The standard InChI is InChI=1S/C19H29N3O3/c1-14(2)18(20-15(3)23)19(24)22-11-9-21(10-12-22)13-16-5-7-17(25-4)8-6-16/h5-8,14,18H,9-13H2,1-4H3,(H,20,23)/t18-/m1/s1. The van der Waals surface area contributed by atoms with Crippen molar-refractivity contribution in [3.63, 3.8) is 0 Å². The van der Waals surface area contributed by atoms with Gasteiger partial charge in [0, 0.05) is 39.6 Å². The first kappa shape index (κ1) is 19.2. The van der Waals surface area contributed by atoms with Crippen molar-refractivity contribution in [2.24, 2.45) is 5.92 Å². The van der Waals surface area contributed by atoms with Crippen LogP contribution in [0.3, 0.4) is 0 Å². The minimum Gasteiger partial charge on any atom is -0.497 e. The molecule has 0 aromatic heterocycles. The van der Waals surface area contributed by atoms with Crippen LogP contribution in [0.5, 0.6) is 5.75 Å². The molecule has 1 atom stereocenters. The van der Waals surface area contributed by atoms with Crippen molar-refractivity contribution in [1.82, 2.24) is 15.1 Å². The zero-order valence-electron chi connectivity index (χ0n) is 15.6. The first-order valence-electron chi connectivity index (χ1n) is 8.82. The SMILES string of the molecule is COc1ccc(CN2CCN(C(=O)[C@H](NC(C)=O)C(C)C)CC2)cc1. The number of benzene rings is 1. The van der Waals surface area contributed by atoms with Crippen molar-refractivity contribution in [1.29, 1.82) is 0 Å². The van der Waals surface area contributed by atoms with Crippen LogP contribution in [0.15, 0.2) is 24.3 Å². The molecule has 0 spiro atoms. The molecule has 0 radical (unpaired) electrons. The molecule has 1 saturated heterocycles. The molecule has 6 heteroatoms. The second-order valence-corrected chi connectivity index (χ2v) is 6.87. The van der Waals surface area contributed by atoms with E-state index in [-0.39, 0.29) is 17.7 Å². The van der Waals surface area contributed by atoms with Crippen LogP contribution in [0.1, 0.15) is 26.3 Å². The van der Waals surface area contributed by atoms with E-state index in [1.165, 1.54) is 12.5 Å². The monoisotopic (exact) mass is 347 g/mol. The lowest BCUT2D eigenvalue weighted by molar-refractivity contribution is -0.138. The normalized spacial score (nSPS) is 16.6. The third-order valence-corrected chi connectivity index (χ3v) is 4.54. The molecular formula is C19H29N3O3. The van der Waals surface area contributed by atoms with E-state index in [4.69, 9.17) is 4.74 Å². The second kappa shape index (κ2) is 8.85. The maximum atomic E-state index is 12.7. The first-order chi connectivity index (χ1) is 11.9. The molecule has 25 heavy (non-hydrogen) atoms. The molecule has 1 aliphatic rings. The summed E-state index contributed by atoms with van der Waals surface area (Å²) in [6.45, 7) is 9.29. The molecular weight excluding hydrogens is 318 g/mol. The smallest absolute Gasteiger partial charge is 0.245 e. The van der Waals surface area contributed by atoms with E-state index in [9.17, 15) is 9.59 Å². The van der Waals surface area contributed by atoms with E-state index >= 15 is 0 Å². The molecule has 6 nitrogen and oxygen atoms in total. The third-order valence-electron chi connectivity index (χ3n) is 4.54. The molecule has 0 bridgehead atoms. The number of nitrogens with zero attached hydrogens (tertiary/aromatic N) is 2. The minimum atomic E-state index is -0.439. The average Bonchev–Trinajstić information content (AvgIpc) is 2.60. The van der Waals surface area contributed by atoms with Crippen LogP contribution in [-0.4, -0.2) is 60.9 Å². The van der Waals surface area contributed by atoms with Crippen molar-refractivity contribution >= 4 is 11.8 Å². The first-order valence-corrected chi connectivity index (χ1v) is 8.82. The van der Waals surface area contributed by atoms with Crippen molar-refractivity contribution in [3.8, 4) is 5.75 Å². The van der Waals surface area contributed by atoms with Crippen LogP contribution in [0.2, 0.25) is 0 Å². The summed E-state index contributed by atoms with van der Waals surface area (Å²) in [5, 5.41) is 2.78. The molecule has 0 aliphatic carbocycles. The maximum absolute atomic E-state index is 12.7. The fourth-order valence-corrected chi connectivity index (χ4v) is 3.04. The van der Waals surface area contributed by atoms with Gasteiger partial charge < -0.3 is 15.0 Å². The van der Waals surface area contributed by atoms with Gasteiger partial charge in [0.25, 0.3) is 0 Å². The van der Waals surface area contributed by atoms with Gasteiger partial charge in [-0.1, -0.05) is 26.0 Å². The number of methoxy groups -OCH3 is 1. The van der Waals surface area contributed by atoms with Crippen LogP contribution in [-0.2, 0) is 16.1 Å². The summed E-state index contributed by atoms with van der Waals surface area (Å²) in [7, 11) is 1.66. The zero-order valence-corrected chi connectivity index (χ0v) is 15.6.